The summed E-state index contributed by atoms with van der Waals surface area (Å²) in [7, 11) is 1.70. The molecule has 4 nitrogen and oxygen atoms in total. The zero-order valence-electron chi connectivity index (χ0n) is 15.8. The third kappa shape index (κ3) is 3.13. The third-order valence-electron chi connectivity index (χ3n) is 4.84. The van der Waals surface area contributed by atoms with Crippen LogP contribution in [0.25, 0.3) is 22.3 Å². The minimum absolute atomic E-state index is 0.407. The topological polar surface area (TPSA) is 39.9 Å². The highest BCUT2D eigenvalue weighted by Gasteiger charge is 2.19. The summed E-state index contributed by atoms with van der Waals surface area (Å²) in [5, 5.41) is 0. The monoisotopic (exact) mass is 337 g/mol. The fourth-order valence-electron chi connectivity index (χ4n) is 3.58. The van der Waals surface area contributed by atoms with Crippen LogP contribution in [0, 0.1) is 6.92 Å². The smallest absolute Gasteiger partial charge is 0.160 e. The maximum absolute atomic E-state index is 5.34. The fourth-order valence-corrected chi connectivity index (χ4v) is 3.58. The first kappa shape index (κ1) is 17.5. The summed E-state index contributed by atoms with van der Waals surface area (Å²) in [6.45, 7) is 8.76. The van der Waals surface area contributed by atoms with Gasteiger partial charge in [-0.25, -0.2) is 9.97 Å². The molecule has 3 rings (SSSR count). The molecule has 132 valence electrons. The molecule has 0 saturated heterocycles. The summed E-state index contributed by atoms with van der Waals surface area (Å²) in [6, 6.07) is 8.66. The van der Waals surface area contributed by atoms with Crippen LogP contribution in [-0.2, 0) is 6.42 Å². The van der Waals surface area contributed by atoms with Gasteiger partial charge in [-0.15, -0.1) is 0 Å². The maximum Gasteiger partial charge on any atom is 0.160 e. The van der Waals surface area contributed by atoms with E-state index in [0.717, 1.165) is 47.6 Å². The van der Waals surface area contributed by atoms with Crippen molar-refractivity contribution in [3.63, 3.8) is 0 Å². The quantitative estimate of drug-likeness (QED) is 0.609. The molecule has 2 heterocycles. The number of nitrogens with zero attached hydrogens (tertiary/aromatic N) is 3. The molecule has 0 N–H and O–H groups in total. The van der Waals surface area contributed by atoms with Crippen molar-refractivity contribution in [1.82, 2.24) is 14.5 Å². The molecular weight excluding hydrogens is 310 g/mol. The molecule has 0 bridgehead atoms. The Hall–Kier alpha value is -2.36. The molecule has 4 heteroatoms. The van der Waals surface area contributed by atoms with Gasteiger partial charge < -0.3 is 9.30 Å². The molecule has 0 fully saturated rings. The summed E-state index contributed by atoms with van der Waals surface area (Å²) in [6.07, 6.45) is 5.09. The van der Waals surface area contributed by atoms with Crippen LogP contribution in [0.2, 0.25) is 0 Å². The molecule has 3 aromatic rings. The molecule has 25 heavy (non-hydrogen) atoms. The van der Waals surface area contributed by atoms with Crippen LogP contribution >= 0.6 is 0 Å². The number of hydrogen-bond donors (Lipinski definition) is 0. The van der Waals surface area contributed by atoms with E-state index in [-0.39, 0.29) is 0 Å². The number of ether oxygens (including phenoxy) is 1. The second-order valence-electron chi connectivity index (χ2n) is 6.60. The number of hydrogen-bond acceptors (Lipinski definition) is 3. The minimum Gasteiger partial charge on any atom is -0.497 e. The molecule has 0 aliphatic carbocycles. The first-order valence-corrected chi connectivity index (χ1v) is 9.11. The number of pyridine rings is 1. The molecular formula is C21H27N3O. The lowest BCUT2D eigenvalue weighted by atomic mass is 10.0. The summed E-state index contributed by atoms with van der Waals surface area (Å²) < 4.78 is 7.66. The Bertz CT molecular complexity index is 882. The number of fused-ring (bicyclic) bond motifs is 1. The first-order valence-electron chi connectivity index (χ1n) is 9.11. The predicted octanol–water partition coefficient (Wildman–Crippen LogP) is 5.34. The summed E-state index contributed by atoms with van der Waals surface area (Å²) in [5.41, 5.74) is 5.49. The van der Waals surface area contributed by atoms with Crippen LogP contribution in [-0.4, -0.2) is 21.6 Å². The molecule has 0 saturated carbocycles. The van der Waals surface area contributed by atoms with E-state index in [9.17, 15) is 0 Å². The van der Waals surface area contributed by atoms with E-state index in [2.05, 4.69) is 55.4 Å². The number of aryl methyl sites for hydroxylation is 2. The number of benzene rings is 1. The van der Waals surface area contributed by atoms with E-state index < -0.39 is 0 Å². The van der Waals surface area contributed by atoms with Gasteiger partial charge in [0.1, 0.15) is 17.1 Å². The Labute approximate surface area is 149 Å². The minimum atomic E-state index is 0.407. The third-order valence-corrected chi connectivity index (χ3v) is 4.84. The average molecular weight is 337 g/mol. The van der Waals surface area contributed by atoms with E-state index >= 15 is 0 Å². The van der Waals surface area contributed by atoms with Crippen molar-refractivity contribution in [3.05, 3.63) is 41.9 Å². The summed E-state index contributed by atoms with van der Waals surface area (Å²) >= 11 is 0. The largest absolute Gasteiger partial charge is 0.497 e. The molecule has 2 aromatic heterocycles. The highest BCUT2D eigenvalue weighted by atomic mass is 16.5. The molecule has 0 amide bonds. The normalized spacial score (nSPS) is 12.5. The van der Waals surface area contributed by atoms with Crippen LogP contribution in [0.5, 0.6) is 5.75 Å². The van der Waals surface area contributed by atoms with Crippen LogP contribution in [0.15, 0.2) is 30.5 Å². The van der Waals surface area contributed by atoms with Gasteiger partial charge in [-0.3, -0.25) is 0 Å². The van der Waals surface area contributed by atoms with Crippen molar-refractivity contribution >= 4 is 11.2 Å². The van der Waals surface area contributed by atoms with E-state index in [0.29, 0.717) is 6.04 Å². The Balaban J connectivity index is 2.21. The van der Waals surface area contributed by atoms with Gasteiger partial charge in [0, 0.05) is 24.2 Å². The summed E-state index contributed by atoms with van der Waals surface area (Å²) in [4.78, 5) is 9.64. The van der Waals surface area contributed by atoms with Crippen molar-refractivity contribution in [2.24, 2.45) is 0 Å². The predicted molar refractivity (Wildman–Crippen MR) is 103 cm³/mol. The molecule has 1 unspecified atom stereocenters. The molecule has 0 radical (unpaired) electrons. The van der Waals surface area contributed by atoms with Crippen molar-refractivity contribution in [1.29, 1.82) is 0 Å². The van der Waals surface area contributed by atoms with Crippen molar-refractivity contribution in [2.75, 3.05) is 7.11 Å². The number of imidazole rings is 1. The van der Waals surface area contributed by atoms with Gasteiger partial charge >= 0.3 is 0 Å². The van der Waals surface area contributed by atoms with Gasteiger partial charge in [-0.1, -0.05) is 26.3 Å². The van der Waals surface area contributed by atoms with E-state index in [1.54, 1.807) is 7.11 Å². The zero-order valence-corrected chi connectivity index (χ0v) is 15.8. The van der Waals surface area contributed by atoms with Gasteiger partial charge in [0.25, 0.3) is 0 Å². The number of rotatable bonds is 6. The SMILES string of the molecule is CCCC(C)n1c(CC)nc2c(-c3ccc(OC)cc3C)ccnc21. The zero-order chi connectivity index (χ0) is 18.0. The Kier molecular flexibility index (Phi) is 5.07. The second-order valence-corrected chi connectivity index (χ2v) is 6.60. The second kappa shape index (κ2) is 7.26. The van der Waals surface area contributed by atoms with Gasteiger partial charge in [0.15, 0.2) is 5.65 Å². The molecule has 0 aliphatic heterocycles. The van der Waals surface area contributed by atoms with E-state index in [1.165, 1.54) is 11.1 Å². The van der Waals surface area contributed by atoms with Crippen molar-refractivity contribution in [3.8, 4) is 16.9 Å². The molecule has 1 aromatic carbocycles. The van der Waals surface area contributed by atoms with Crippen LogP contribution in [0.3, 0.4) is 0 Å². The van der Waals surface area contributed by atoms with E-state index in [4.69, 9.17) is 9.72 Å². The number of aromatic nitrogens is 3. The summed E-state index contributed by atoms with van der Waals surface area (Å²) in [5.74, 6) is 1.99. The Morgan fingerprint density at radius 1 is 1.16 bits per heavy atom. The molecule has 0 aliphatic rings. The highest BCUT2D eigenvalue weighted by molar-refractivity contribution is 5.91. The fraction of sp³-hybridized carbons (Fsp3) is 0.429. The lowest BCUT2D eigenvalue weighted by molar-refractivity contribution is 0.414. The number of methoxy groups -OCH3 is 1. The molecule has 0 spiro atoms. The van der Waals surface area contributed by atoms with Crippen LogP contribution < -0.4 is 4.74 Å². The Morgan fingerprint density at radius 2 is 1.96 bits per heavy atom. The average Bonchev–Trinajstić information content (AvgIpc) is 3.00. The van der Waals surface area contributed by atoms with Crippen LogP contribution in [0.1, 0.15) is 51.0 Å². The molecule has 1 atom stereocenters. The van der Waals surface area contributed by atoms with Crippen molar-refractivity contribution < 1.29 is 4.74 Å². The van der Waals surface area contributed by atoms with Crippen LogP contribution in [0.4, 0.5) is 0 Å². The lowest BCUT2D eigenvalue weighted by Crippen LogP contribution is -2.09. The van der Waals surface area contributed by atoms with Gasteiger partial charge in [-0.05, 0) is 49.6 Å². The maximum atomic E-state index is 5.34. The lowest BCUT2D eigenvalue weighted by Gasteiger charge is -2.16. The van der Waals surface area contributed by atoms with Gasteiger partial charge in [-0.2, -0.15) is 0 Å². The Morgan fingerprint density at radius 3 is 2.60 bits per heavy atom. The van der Waals surface area contributed by atoms with Crippen molar-refractivity contribution in [2.45, 2.75) is 53.0 Å². The van der Waals surface area contributed by atoms with E-state index in [1.807, 2.05) is 12.3 Å². The highest BCUT2D eigenvalue weighted by Crippen LogP contribution is 2.33. The van der Waals surface area contributed by atoms with Gasteiger partial charge in [0.05, 0.1) is 7.11 Å². The standard InChI is InChI=1S/C21H27N3O/c1-6-8-15(4)24-19(7-2)23-20-18(11-12-22-21(20)24)17-10-9-16(25-5)13-14(17)3/h9-13,15H,6-8H2,1-5H3. The van der Waals surface area contributed by atoms with Gasteiger partial charge in [0.2, 0.25) is 0 Å². The first-order chi connectivity index (χ1) is 12.1.